The van der Waals surface area contributed by atoms with Gasteiger partial charge in [-0.25, -0.2) is 8.78 Å². The van der Waals surface area contributed by atoms with Crippen LogP contribution < -0.4 is 0 Å². The zero-order valence-electron chi connectivity index (χ0n) is 9.93. The number of benzene rings is 1. The summed E-state index contributed by atoms with van der Waals surface area (Å²) in [4.78, 5) is 12.1. The van der Waals surface area contributed by atoms with Crippen molar-refractivity contribution < 1.29 is 13.6 Å². The second kappa shape index (κ2) is 4.55. The molecule has 3 heteroatoms. The molecule has 0 saturated heterocycles. The van der Waals surface area contributed by atoms with Gasteiger partial charge in [0, 0.05) is 11.8 Å². The molecule has 92 valence electrons. The van der Waals surface area contributed by atoms with Crippen LogP contribution in [0, 0.1) is 17.0 Å². The number of halogens is 2. The Hall–Kier alpha value is -1.25. The van der Waals surface area contributed by atoms with Gasteiger partial charge in [0.2, 0.25) is 0 Å². The SMILES string of the molecule is CC1(C(=O)Cc2cccc(F)c2F)CCCC1. The molecule has 0 amide bonds. The number of hydrogen-bond acceptors (Lipinski definition) is 1. The van der Waals surface area contributed by atoms with Crippen molar-refractivity contribution in [3.8, 4) is 0 Å². The normalized spacial score (nSPS) is 18.3. The average molecular weight is 238 g/mol. The Morgan fingerprint density at radius 3 is 2.59 bits per heavy atom. The van der Waals surface area contributed by atoms with E-state index in [4.69, 9.17) is 0 Å². The van der Waals surface area contributed by atoms with Crippen LogP contribution in [0.1, 0.15) is 38.2 Å². The molecular formula is C14H16F2O. The maximum atomic E-state index is 13.4. The van der Waals surface area contributed by atoms with E-state index < -0.39 is 11.6 Å². The zero-order chi connectivity index (χ0) is 12.5. The van der Waals surface area contributed by atoms with Crippen LogP contribution in [0.5, 0.6) is 0 Å². The lowest BCUT2D eigenvalue weighted by atomic mass is 9.81. The fourth-order valence-corrected chi connectivity index (χ4v) is 2.51. The highest BCUT2D eigenvalue weighted by molar-refractivity contribution is 5.86. The van der Waals surface area contributed by atoms with E-state index in [1.807, 2.05) is 6.92 Å². The lowest BCUT2D eigenvalue weighted by molar-refractivity contribution is -0.127. The monoisotopic (exact) mass is 238 g/mol. The van der Waals surface area contributed by atoms with Gasteiger partial charge in [0.15, 0.2) is 11.6 Å². The van der Waals surface area contributed by atoms with Gasteiger partial charge in [-0.1, -0.05) is 31.9 Å². The van der Waals surface area contributed by atoms with E-state index in [9.17, 15) is 13.6 Å². The van der Waals surface area contributed by atoms with Crippen LogP contribution in [-0.2, 0) is 11.2 Å². The molecule has 0 N–H and O–H groups in total. The molecule has 1 aromatic carbocycles. The smallest absolute Gasteiger partial charge is 0.162 e. The quantitative estimate of drug-likeness (QED) is 0.785. The minimum atomic E-state index is -0.887. The fourth-order valence-electron chi connectivity index (χ4n) is 2.51. The Bertz CT molecular complexity index is 434. The summed E-state index contributed by atoms with van der Waals surface area (Å²) < 4.78 is 26.5. The van der Waals surface area contributed by atoms with Crippen molar-refractivity contribution in [2.75, 3.05) is 0 Å². The molecule has 0 aliphatic heterocycles. The number of carbonyl (C=O) groups is 1. The number of Topliss-reactive ketones (excluding diaryl/α,β-unsaturated/α-hetero) is 1. The van der Waals surface area contributed by atoms with Crippen LogP contribution in [0.2, 0.25) is 0 Å². The summed E-state index contributed by atoms with van der Waals surface area (Å²) in [5.74, 6) is -1.74. The van der Waals surface area contributed by atoms with E-state index in [1.54, 1.807) is 0 Å². The molecule has 2 rings (SSSR count). The van der Waals surface area contributed by atoms with Gasteiger partial charge in [0.05, 0.1) is 0 Å². The minimum Gasteiger partial charge on any atom is -0.299 e. The highest BCUT2D eigenvalue weighted by Crippen LogP contribution is 2.39. The van der Waals surface area contributed by atoms with Crippen molar-refractivity contribution in [2.45, 2.75) is 39.0 Å². The van der Waals surface area contributed by atoms with Gasteiger partial charge in [-0.15, -0.1) is 0 Å². The summed E-state index contributed by atoms with van der Waals surface area (Å²) in [6, 6.07) is 3.99. The minimum absolute atomic E-state index is 0.0000926. The zero-order valence-corrected chi connectivity index (χ0v) is 9.93. The third-order valence-corrected chi connectivity index (χ3v) is 3.76. The summed E-state index contributed by atoms with van der Waals surface area (Å²) in [6.45, 7) is 1.93. The van der Waals surface area contributed by atoms with Gasteiger partial charge in [-0.2, -0.15) is 0 Å². The number of ketones is 1. The summed E-state index contributed by atoms with van der Waals surface area (Å²) in [7, 11) is 0. The molecule has 1 nitrogen and oxygen atoms in total. The standard InChI is InChI=1S/C14H16F2O/c1-14(7-2-3-8-14)12(17)9-10-5-4-6-11(15)13(10)16/h4-6H,2-3,7-9H2,1H3. The van der Waals surface area contributed by atoms with Crippen molar-refractivity contribution in [3.05, 3.63) is 35.4 Å². The Balaban J connectivity index is 2.16. The average Bonchev–Trinajstić information content (AvgIpc) is 2.73. The van der Waals surface area contributed by atoms with Crippen LogP contribution in [0.4, 0.5) is 8.78 Å². The Morgan fingerprint density at radius 1 is 1.29 bits per heavy atom. The molecule has 0 unspecified atom stereocenters. The van der Waals surface area contributed by atoms with E-state index in [0.717, 1.165) is 31.7 Å². The molecular weight excluding hydrogens is 222 g/mol. The van der Waals surface area contributed by atoms with Crippen LogP contribution in [0.15, 0.2) is 18.2 Å². The van der Waals surface area contributed by atoms with E-state index in [0.29, 0.717) is 0 Å². The van der Waals surface area contributed by atoms with Gasteiger partial charge >= 0.3 is 0 Å². The van der Waals surface area contributed by atoms with Crippen molar-refractivity contribution in [1.82, 2.24) is 0 Å². The van der Waals surface area contributed by atoms with Crippen molar-refractivity contribution in [1.29, 1.82) is 0 Å². The number of hydrogen-bond donors (Lipinski definition) is 0. The largest absolute Gasteiger partial charge is 0.299 e. The van der Waals surface area contributed by atoms with E-state index in [2.05, 4.69) is 0 Å². The molecule has 1 saturated carbocycles. The van der Waals surface area contributed by atoms with E-state index >= 15 is 0 Å². The molecule has 1 fully saturated rings. The maximum absolute atomic E-state index is 13.4. The predicted octanol–water partition coefficient (Wildman–Crippen LogP) is 3.66. The van der Waals surface area contributed by atoms with Crippen LogP contribution >= 0.6 is 0 Å². The van der Waals surface area contributed by atoms with Crippen LogP contribution in [-0.4, -0.2) is 5.78 Å². The lowest BCUT2D eigenvalue weighted by Crippen LogP contribution is -2.26. The highest BCUT2D eigenvalue weighted by Gasteiger charge is 2.35. The van der Waals surface area contributed by atoms with Gasteiger partial charge in [-0.3, -0.25) is 4.79 Å². The third-order valence-electron chi connectivity index (χ3n) is 3.76. The van der Waals surface area contributed by atoms with Gasteiger partial charge in [0.25, 0.3) is 0 Å². The first-order valence-electron chi connectivity index (χ1n) is 5.99. The second-order valence-corrected chi connectivity index (χ2v) is 5.08. The molecule has 17 heavy (non-hydrogen) atoms. The second-order valence-electron chi connectivity index (χ2n) is 5.08. The predicted molar refractivity (Wildman–Crippen MR) is 61.6 cm³/mol. The Labute approximate surface area is 99.8 Å². The third kappa shape index (κ3) is 2.38. The molecule has 0 radical (unpaired) electrons. The van der Waals surface area contributed by atoms with Crippen molar-refractivity contribution >= 4 is 5.78 Å². The van der Waals surface area contributed by atoms with Crippen LogP contribution in [0.3, 0.4) is 0 Å². The molecule has 1 aliphatic rings. The maximum Gasteiger partial charge on any atom is 0.162 e. The first-order valence-corrected chi connectivity index (χ1v) is 5.99. The summed E-state index contributed by atoms with van der Waals surface area (Å²) >= 11 is 0. The van der Waals surface area contributed by atoms with Crippen molar-refractivity contribution in [3.63, 3.8) is 0 Å². The van der Waals surface area contributed by atoms with Crippen LogP contribution in [0.25, 0.3) is 0 Å². The molecule has 0 heterocycles. The summed E-state index contributed by atoms with van der Waals surface area (Å²) in [6.07, 6.45) is 3.83. The fraction of sp³-hybridized carbons (Fsp3) is 0.500. The molecule has 0 atom stereocenters. The molecule has 0 aromatic heterocycles. The van der Waals surface area contributed by atoms with Gasteiger partial charge in [0.1, 0.15) is 5.78 Å². The first-order chi connectivity index (χ1) is 8.03. The summed E-state index contributed by atoms with van der Waals surface area (Å²) in [5, 5.41) is 0. The molecule has 1 aliphatic carbocycles. The van der Waals surface area contributed by atoms with E-state index in [-0.39, 0.29) is 23.2 Å². The Morgan fingerprint density at radius 2 is 1.94 bits per heavy atom. The molecule has 1 aromatic rings. The number of rotatable bonds is 3. The van der Waals surface area contributed by atoms with E-state index in [1.165, 1.54) is 12.1 Å². The number of carbonyl (C=O) groups excluding carboxylic acids is 1. The van der Waals surface area contributed by atoms with Gasteiger partial charge in [-0.05, 0) is 24.5 Å². The molecule has 0 bridgehead atoms. The topological polar surface area (TPSA) is 17.1 Å². The summed E-state index contributed by atoms with van der Waals surface area (Å²) in [5.41, 5.74) is -0.165. The van der Waals surface area contributed by atoms with Gasteiger partial charge < -0.3 is 0 Å². The first kappa shape index (κ1) is 12.2. The van der Waals surface area contributed by atoms with Crippen molar-refractivity contribution in [2.24, 2.45) is 5.41 Å². The Kier molecular flexibility index (Phi) is 3.27. The lowest BCUT2D eigenvalue weighted by Gasteiger charge is -2.21. The highest BCUT2D eigenvalue weighted by atomic mass is 19.2. The molecule has 0 spiro atoms.